The van der Waals surface area contributed by atoms with Gasteiger partial charge >= 0.3 is 6.03 Å². The largest absolute Gasteiger partial charge is 0.377 e. The highest BCUT2D eigenvalue weighted by Gasteiger charge is 2.19. The van der Waals surface area contributed by atoms with Gasteiger partial charge in [0.2, 0.25) is 0 Å². The van der Waals surface area contributed by atoms with Crippen molar-refractivity contribution in [1.29, 1.82) is 5.41 Å². The molecule has 0 aliphatic carbocycles. The first-order valence-electron chi connectivity index (χ1n) is 8.50. The Balaban J connectivity index is 1.88. The summed E-state index contributed by atoms with van der Waals surface area (Å²) in [6, 6.07) is 10.7. The lowest BCUT2D eigenvalue weighted by atomic mass is 10.1. The van der Waals surface area contributed by atoms with E-state index in [0.717, 1.165) is 11.3 Å². The van der Waals surface area contributed by atoms with Crippen LogP contribution in [0.25, 0.3) is 0 Å². The summed E-state index contributed by atoms with van der Waals surface area (Å²) in [6.45, 7) is 1.42. The molecule has 0 spiro atoms. The SMILES string of the molecule is C[NH2+]c1c(C=N)cc2nc1NCCOC[C@H](c1ccccc1)NC(=O)N2. The van der Waals surface area contributed by atoms with Gasteiger partial charge in [-0.05, 0) is 11.6 Å². The monoisotopic (exact) mass is 355 g/mol. The second-order valence-electron chi connectivity index (χ2n) is 5.86. The first-order valence-corrected chi connectivity index (χ1v) is 8.50. The van der Waals surface area contributed by atoms with E-state index in [9.17, 15) is 4.79 Å². The number of urea groups is 1. The van der Waals surface area contributed by atoms with Crippen LogP contribution in [0.5, 0.6) is 0 Å². The molecule has 8 heteroatoms. The summed E-state index contributed by atoms with van der Waals surface area (Å²) >= 11 is 0. The molecule has 0 radical (unpaired) electrons. The molecule has 1 atom stereocenters. The van der Waals surface area contributed by atoms with Crippen LogP contribution >= 0.6 is 0 Å². The van der Waals surface area contributed by atoms with Gasteiger partial charge in [0.05, 0.1) is 31.9 Å². The normalized spacial score (nSPS) is 17.7. The molecule has 1 aliphatic heterocycles. The average molecular weight is 355 g/mol. The molecule has 0 fully saturated rings. The first-order chi connectivity index (χ1) is 12.7. The first kappa shape index (κ1) is 17.8. The Labute approximate surface area is 151 Å². The minimum absolute atomic E-state index is 0.263. The number of hydrogen-bond acceptors (Lipinski definition) is 5. The lowest BCUT2D eigenvalue weighted by Crippen LogP contribution is -2.73. The lowest BCUT2D eigenvalue weighted by molar-refractivity contribution is -0.538. The van der Waals surface area contributed by atoms with Crippen molar-refractivity contribution in [2.75, 3.05) is 37.4 Å². The van der Waals surface area contributed by atoms with Crippen molar-refractivity contribution in [3.8, 4) is 0 Å². The van der Waals surface area contributed by atoms with E-state index >= 15 is 0 Å². The topological polar surface area (TPSA) is 116 Å². The predicted octanol–water partition coefficient (Wildman–Crippen LogP) is 1.21. The van der Waals surface area contributed by atoms with Gasteiger partial charge in [-0.25, -0.2) is 9.78 Å². The molecule has 1 aliphatic rings. The van der Waals surface area contributed by atoms with Crippen LogP contribution in [-0.4, -0.2) is 44.0 Å². The van der Waals surface area contributed by atoms with E-state index in [2.05, 4.69) is 20.9 Å². The van der Waals surface area contributed by atoms with Crippen molar-refractivity contribution in [2.45, 2.75) is 6.04 Å². The number of carbonyl (C=O) groups excluding carboxylic acids is 1. The number of ether oxygens (including phenoxy) is 1. The van der Waals surface area contributed by atoms with Crippen LogP contribution in [0.2, 0.25) is 0 Å². The third-order valence-electron chi connectivity index (χ3n) is 4.11. The van der Waals surface area contributed by atoms with Crippen LogP contribution in [-0.2, 0) is 4.74 Å². The van der Waals surface area contributed by atoms with Gasteiger partial charge in [-0.1, -0.05) is 30.3 Å². The average Bonchev–Trinajstić information content (AvgIpc) is 2.66. The standard InChI is InChI=1S/C18H22N6O2/c1-20-16-13(10-19)9-15-23-17(16)21-7-8-26-11-14(22-18(25)24-15)12-5-3-2-4-6-12/h2-6,9-10,14,19-20H,7-8,11H2,1H3,(H3,21,22,23,24,25)/p+1/t14-/m1/s1. The molecule has 2 aromatic rings. The Bertz CT molecular complexity index is 781. The number of quaternary nitrogens is 1. The number of nitrogens with zero attached hydrogens (tertiary/aromatic N) is 1. The minimum atomic E-state index is -0.370. The molecule has 0 saturated heterocycles. The van der Waals surface area contributed by atoms with Crippen molar-refractivity contribution in [2.24, 2.45) is 0 Å². The zero-order valence-corrected chi connectivity index (χ0v) is 14.6. The quantitative estimate of drug-likeness (QED) is 0.532. The maximum atomic E-state index is 12.4. The molecule has 6 N–H and O–H groups in total. The third-order valence-corrected chi connectivity index (χ3v) is 4.11. The van der Waals surface area contributed by atoms with Crippen molar-refractivity contribution in [1.82, 2.24) is 10.3 Å². The van der Waals surface area contributed by atoms with E-state index in [-0.39, 0.29) is 12.1 Å². The van der Waals surface area contributed by atoms with Crippen LogP contribution < -0.4 is 21.3 Å². The fourth-order valence-corrected chi connectivity index (χ4v) is 2.86. The molecule has 1 aromatic carbocycles. The van der Waals surface area contributed by atoms with Crippen LogP contribution in [0.1, 0.15) is 17.2 Å². The maximum absolute atomic E-state index is 12.4. The summed E-state index contributed by atoms with van der Waals surface area (Å²) < 4.78 is 5.74. The number of pyridine rings is 1. The Morgan fingerprint density at radius 2 is 2.15 bits per heavy atom. The molecule has 2 amide bonds. The van der Waals surface area contributed by atoms with E-state index in [1.807, 2.05) is 42.7 Å². The predicted molar refractivity (Wildman–Crippen MR) is 100 cm³/mol. The molecular formula is C18H23N6O2+. The second-order valence-corrected chi connectivity index (χ2v) is 5.86. The Hall–Kier alpha value is -2.97. The summed E-state index contributed by atoms with van der Waals surface area (Å²) in [5.41, 5.74) is 2.47. The number of amides is 2. The van der Waals surface area contributed by atoms with Crippen molar-refractivity contribution in [3.63, 3.8) is 0 Å². The highest BCUT2D eigenvalue weighted by Crippen LogP contribution is 2.22. The van der Waals surface area contributed by atoms with E-state index < -0.39 is 0 Å². The van der Waals surface area contributed by atoms with Crippen LogP contribution in [0.15, 0.2) is 36.4 Å². The molecule has 1 aromatic heterocycles. The summed E-state index contributed by atoms with van der Waals surface area (Å²) in [7, 11) is 1.89. The maximum Gasteiger partial charge on any atom is 0.320 e. The molecule has 26 heavy (non-hydrogen) atoms. The fourth-order valence-electron chi connectivity index (χ4n) is 2.86. The van der Waals surface area contributed by atoms with Gasteiger partial charge in [0.1, 0.15) is 5.82 Å². The fraction of sp³-hybridized carbons (Fsp3) is 0.278. The number of carbonyl (C=O) groups is 1. The molecule has 0 saturated carbocycles. The highest BCUT2D eigenvalue weighted by atomic mass is 16.5. The Morgan fingerprint density at radius 1 is 1.35 bits per heavy atom. The number of hydrogen-bond donors (Lipinski definition) is 5. The van der Waals surface area contributed by atoms with Crippen molar-refractivity contribution < 1.29 is 14.8 Å². The molecule has 2 heterocycles. The third kappa shape index (κ3) is 4.16. The van der Waals surface area contributed by atoms with Crippen LogP contribution in [0.4, 0.5) is 22.1 Å². The van der Waals surface area contributed by atoms with E-state index in [0.29, 0.717) is 37.0 Å². The van der Waals surface area contributed by atoms with E-state index in [1.165, 1.54) is 6.21 Å². The van der Waals surface area contributed by atoms with Gasteiger partial charge in [-0.15, -0.1) is 0 Å². The number of benzene rings is 1. The summed E-state index contributed by atoms with van der Waals surface area (Å²) in [4.78, 5) is 16.9. The number of aromatic nitrogens is 1. The molecule has 3 rings (SSSR count). The minimum Gasteiger partial charge on any atom is -0.377 e. The summed E-state index contributed by atoms with van der Waals surface area (Å²) in [5, 5.41) is 18.4. The van der Waals surface area contributed by atoms with Crippen LogP contribution in [0.3, 0.4) is 0 Å². The van der Waals surface area contributed by atoms with Gasteiger partial charge in [0, 0.05) is 12.8 Å². The highest BCUT2D eigenvalue weighted by molar-refractivity contribution is 5.93. The molecule has 2 bridgehead atoms. The Kier molecular flexibility index (Phi) is 5.77. The molecular weight excluding hydrogens is 332 g/mol. The summed E-state index contributed by atoms with van der Waals surface area (Å²) in [5.74, 6) is 1.01. The van der Waals surface area contributed by atoms with Crippen molar-refractivity contribution >= 4 is 29.6 Å². The molecule has 0 unspecified atom stereocenters. The Morgan fingerprint density at radius 3 is 2.88 bits per heavy atom. The zero-order valence-electron chi connectivity index (χ0n) is 14.6. The lowest BCUT2D eigenvalue weighted by Gasteiger charge is -2.21. The number of nitrogens with two attached hydrogens (primary N) is 1. The number of nitrogens with one attached hydrogen (secondary N) is 4. The van der Waals surface area contributed by atoms with Gasteiger partial charge < -0.3 is 26.1 Å². The van der Waals surface area contributed by atoms with Gasteiger partial charge in [-0.2, -0.15) is 0 Å². The van der Waals surface area contributed by atoms with Crippen LogP contribution in [0, 0.1) is 5.41 Å². The number of fused-ring (bicyclic) bond motifs is 2. The number of anilines is 2. The van der Waals surface area contributed by atoms with E-state index in [1.54, 1.807) is 6.07 Å². The van der Waals surface area contributed by atoms with Gasteiger partial charge in [0.25, 0.3) is 0 Å². The second kappa shape index (κ2) is 8.41. The smallest absolute Gasteiger partial charge is 0.320 e. The molecule has 136 valence electrons. The van der Waals surface area contributed by atoms with Gasteiger partial charge in [-0.3, -0.25) is 5.32 Å². The zero-order chi connectivity index (χ0) is 18.4. The van der Waals surface area contributed by atoms with E-state index in [4.69, 9.17) is 10.1 Å². The van der Waals surface area contributed by atoms with Crippen molar-refractivity contribution in [3.05, 3.63) is 47.5 Å². The van der Waals surface area contributed by atoms with Gasteiger partial charge in [0.15, 0.2) is 11.5 Å². The summed E-state index contributed by atoms with van der Waals surface area (Å²) in [6.07, 6.45) is 1.25. The molecule has 8 nitrogen and oxygen atoms in total. The number of rotatable bonds is 3.